The number of nitrogens with zero attached hydrogens (tertiary/aromatic N) is 1. The number of rotatable bonds is 6. The van der Waals surface area contributed by atoms with E-state index in [-0.39, 0.29) is 17.9 Å². The van der Waals surface area contributed by atoms with Crippen LogP contribution < -0.4 is 5.32 Å². The highest BCUT2D eigenvalue weighted by molar-refractivity contribution is 5.83. The Morgan fingerprint density at radius 2 is 2.25 bits per heavy atom. The third kappa shape index (κ3) is 3.19. The lowest BCUT2D eigenvalue weighted by molar-refractivity contribution is -0.140. The first-order valence-corrected chi connectivity index (χ1v) is 6.25. The maximum atomic E-state index is 12.3. The molecule has 0 spiro atoms. The molecule has 0 aromatic carbocycles. The number of aliphatic hydroxyl groups is 1. The van der Waals surface area contributed by atoms with Crippen LogP contribution in [0.15, 0.2) is 0 Å². The van der Waals surface area contributed by atoms with Crippen molar-refractivity contribution >= 4 is 5.91 Å². The van der Waals surface area contributed by atoms with Gasteiger partial charge in [-0.1, -0.05) is 13.3 Å². The predicted octanol–water partition coefficient (Wildman–Crippen LogP) is 0.607. The van der Waals surface area contributed by atoms with Crippen molar-refractivity contribution in [3.63, 3.8) is 0 Å². The van der Waals surface area contributed by atoms with Crippen LogP contribution in [0.25, 0.3) is 0 Å². The lowest BCUT2D eigenvalue weighted by Crippen LogP contribution is -2.45. The molecule has 2 N–H and O–H groups in total. The van der Waals surface area contributed by atoms with Gasteiger partial charge in [-0.25, -0.2) is 0 Å². The van der Waals surface area contributed by atoms with Crippen LogP contribution in [0.4, 0.5) is 0 Å². The van der Waals surface area contributed by atoms with Gasteiger partial charge in [0.15, 0.2) is 0 Å². The van der Waals surface area contributed by atoms with Gasteiger partial charge in [-0.2, -0.15) is 0 Å². The van der Waals surface area contributed by atoms with Crippen LogP contribution in [-0.2, 0) is 4.79 Å². The molecule has 0 radical (unpaired) electrons. The lowest BCUT2D eigenvalue weighted by Gasteiger charge is -2.30. The molecule has 0 aromatic rings. The summed E-state index contributed by atoms with van der Waals surface area (Å²) in [6, 6.07) is 0. The molecule has 1 fully saturated rings. The molecule has 4 nitrogen and oxygen atoms in total. The van der Waals surface area contributed by atoms with Crippen molar-refractivity contribution < 1.29 is 9.90 Å². The Morgan fingerprint density at radius 3 is 2.75 bits per heavy atom. The zero-order valence-corrected chi connectivity index (χ0v) is 10.5. The van der Waals surface area contributed by atoms with Crippen molar-refractivity contribution in [2.75, 3.05) is 32.8 Å². The molecule has 1 atom stereocenters. The largest absolute Gasteiger partial charge is 0.395 e. The van der Waals surface area contributed by atoms with Crippen LogP contribution >= 0.6 is 0 Å². The SMILES string of the molecule is CCCCN(CCO)C(=O)C1(C)CCNC1. The van der Waals surface area contributed by atoms with Gasteiger partial charge < -0.3 is 15.3 Å². The van der Waals surface area contributed by atoms with Crippen LogP contribution in [0.2, 0.25) is 0 Å². The zero-order valence-electron chi connectivity index (χ0n) is 10.5. The summed E-state index contributed by atoms with van der Waals surface area (Å²) in [6.07, 6.45) is 2.99. The highest BCUT2D eigenvalue weighted by atomic mass is 16.3. The fourth-order valence-electron chi connectivity index (χ4n) is 2.17. The number of nitrogens with one attached hydrogen (secondary N) is 1. The Kier molecular flexibility index (Phi) is 5.22. The summed E-state index contributed by atoms with van der Waals surface area (Å²) in [5.74, 6) is 0.194. The second kappa shape index (κ2) is 6.21. The molecule has 0 aromatic heterocycles. The van der Waals surface area contributed by atoms with E-state index in [0.717, 1.165) is 38.9 Å². The number of hydrogen-bond acceptors (Lipinski definition) is 3. The summed E-state index contributed by atoms with van der Waals surface area (Å²) >= 11 is 0. The molecule has 94 valence electrons. The second-order valence-electron chi connectivity index (χ2n) is 4.86. The van der Waals surface area contributed by atoms with E-state index < -0.39 is 0 Å². The summed E-state index contributed by atoms with van der Waals surface area (Å²) in [5.41, 5.74) is -0.261. The number of unbranched alkanes of at least 4 members (excludes halogenated alkanes) is 1. The maximum absolute atomic E-state index is 12.3. The monoisotopic (exact) mass is 228 g/mol. The summed E-state index contributed by atoms with van der Waals surface area (Å²) in [7, 11) is 0. The van der Waals surface area contributed by atoms with Gasteiger partial charge in [-0.15, -0.1) is 0 Å². The summed E-state index contributed by atoms with van der Waals surface area (Å²) in [4.78, 5) is 14.2. The Bertz CT molecular complexity index is 225. The maximum Gasteiger partial charge on any atom is 0.229 e. The van der Waals surface area contributed by atoms with Gasteiger partial charge in [0.1, 0.15) is 0 Å². The number of carbonyl (C=O) groups is 1. The highest BCUT2D eigenvalue weighted by Gasteiger charge is 2.38. The molecule has 0 bridgehead atoms. The second-order valence-corrected chi connectivity index (χ2v) is 4.86. The molecule has 1 aliphatic rings. The molecule has 1 aliphatic heterocycles. The Morgan fingerprint density at radius 1 is 1.50 bits per heavy atom. The quantitative estimate of drug-likeness (QED) is 0.700. The smallest absolute Gasteiger partial charge is 0.229 e. The van der Waals surface area contributed by atoms with Gasteiger partial charge in [0.2, 0.25) is 5.91 Å². The molecular weight excluding hydrogens is 204 g/mol. The van der Waals surface area contributed by atoms with Crippen LogP contribution in [0.1, 0.15) is 33.1 Å². The molecule has 0 aliphatic carbocycles. The third-order valence-electron chi connectivity index (χ3n) is 3.32. The van der Waals surface area contributed by atoms with Gasteiger partial charge in [0.05, 0.1) is 12.0 Å². The third-order valence-corrected chi connectivity index (χ3v) is 3.32. The van der Waals surface area contributed by atoms with E-state index in [9.17, 15) is 4.79 Å². The van der Waals surface area contributed by atoms with Gasteiger partial charge in [0, 0.05) is 19.6 Å². The highest BCUT2D eigenvalue weighted by Crippen LogP contribution is 2.27. The van der Waals surface area contributed by atoms with E-state index in [1.807, 2.05) is 11.8 Å². The zero-order chi connectivity index (χ0) is 12.0. The Balaban J connectivity index is 2.58. The molecule has 1 saturated heterocycles. The molecular formula is C12H24N2O2. The van der Waals surface area contributed by atoms with E-state index in [1.54, 1.807) is 0 Å². The predicted molar refractivity (Wildman–Crippen MR) is 64.2 cm³/mol. The molecule has 1 amide bonds. The molecule has 1 rings (SSSR count). The van der Waals surface area contributed by atoms with E-state index in [1.165, 1.54) is 0 Å². The van der Waals surface area contributed by atoms with Gasteiger partial charge in [-0.3, -0.25) is 4.79 Å². The molecule has 16 heavy (non-hydrogen) atoms. The summed E-state index contributed by atoms with van der Waals surface area (Å²) in [5, 5.41) is 12.2. The van der Waals surface area contributed by atoms with Crippen LogP contribution in [0.3, 0.4) is 0 Å². The van der Waals surface area contributed by atoms with Crippen LogP contribution in [0.5, 0.6) is 0 Å². The molecule has 1 unspecified atom stereocenters. The lowest BCUT2D eigenvalue weighted by atomic mass is 9.88. The van der Waals surface area contributed by atoms with Crippen LogP contribution in [-0.4, -0.2) is 48.7 Å². The summed E-state index contributed by atoms with van der Waals surface area (Å²) < 4.78 is 0. The topological polar surface area (TPSA) is 52.6 Å². The molecule has 1 heterocycles. The standard InChI is InChI=1S/C12H24N2O2/c1-3-4-7-14(8-9-15)11(16)12(2)5-6-13-10-12/h13,15H,3-10H2,1-2H3. The fourth-order valence-corrected chi connectivity index (χ4v) is 2.17. The van der Waals surface area contributed by atoms with Crippen molar-refractivity contribution in [3.05, 3.63) is 0 Å². The van der Waals surface area contributed by atoms with Gasteiger partial charge in [-0.05, 0) is 26.3 Å². The Hall–Kier alpha value is -0.610. The van der Waals surface area contributed by atoms with Crippen molar-refractivity contribution in [1.29, 1.82) is 0 Å². The summed E-state index contributed by atoms with van der Waals surface area (Å²) in [6.45, 7) is 7.10. The number of hydrogen-bond donors (Lipinski definition) is 2. The van der Waals surface area contributed by atoms with Crippen molar-refractivity contribution in [1.82, 2.24) is 10.2 Å². The minimum atomic E-state index is -0.261. The minimum Gasteiger partial charge on any atom is -0.395 e. The average Bonchev–Trinajstić information content (AvgIpc) is 2.72. The number of aliphatic hydroxyl groups excluding tert-OH is 1. The van der Waals surface area contributed by atoms with E-state index in [4.69, 9.17) is 5.11 Å². The molecule has 4 heteroatoms. The number of amides is 1. The molecule has 0 saturated carbocycles. The Labute approximate surface area is 98.0 Å². The van der Waals surface area contributed by atoms with E-state index >= 15 is 0 Å². The first-order chi connectivity index (χ1) is 7.64. The van der Waals surface area contributed by atoms with E-state index in [2.05, 4.69) is 12.2 Å². The van der Waals surface area contributed by atoms with Crippen molar-refractivity contribution in [2.24, 2.45) is 5.41 Å². The van der Waals surface area contributed by atoms with E-state index in [0.29, 0.717) is 6.54 Å². The van der Waals surface area contributed by atoms with Crippen molar-refractivity contribution in [2.45, 2.75) is 33.1 Å². The fraction of sp³-hybridized carbons (Fsp3) is 0.917. The number of carbonyl (C=O) groups excluding carboxylic acids is 1. The van der Waals surface area contributed by atoms with Crippen LogP contribution in [0, 0.1) is 5.41 Å². The van der Waals surface area contributed by atoms with Gasteiger partial charge >= 0.3 is 0 Å². The first kappa shape index (κ1) is 13.5. The first-order valence-electron chi connectivity index (χ1n) is 6.25. The van der Waals surface area contributed by atoms with Crippen molar-refractivity contribution in [3.8, 4) is 0 Å². The normalized spacial score (nSPS) is 24.7. The minimum absolute atomic E-state index is 0.0545. The average molecular weight is 228 g/mol. The van der Waals surface area contributed by atoms with Gasteiger partial charge in [0.25, 0.3) is 0 Å².